The highest BCUT2D eigenvalue weighted by atomic mass is 32.2. The number of hydrogen-bond donors (Lipinski definition) is 2. The number of ether oxygens (including phenoxy) is 1. The summed E-state index contributed by atoms with van der Waals surface area (Å²) in [7, 11) is 0. The Balaban J connectivity index is 2.05. The van der Waals surface area contributed by atoms with Gasteiger partial charge in [-0.15, -0.1) is 22.0 Å². The Bertz CT molecular complexity index is 714. The van der Waals surface area contributed by atoms with E-state index < -0.39 is 11.8 Å². The van der Waals surface area contributed by atoms with Crippen LogP contribution >= 0.6 is 11.8 Å². The molecule has 0 aliphatic carbocycles. The molecule has 0 saturated carbocycles. The third kappa shape index (κ3) is 2.39. The fraction of sp³-hybridized carbons (Fsp3) is 0.636. The van der Waals surface area contributed by atoms with E-state index in [1.54, 1.807) is 0 Å². The molecule has 0 bridgehead atoms. The van der Waals surface area contributed by atoms with Crippen molar-refractivity contribution in [3.8, 4) is 0 Å². The molecule has 2 aromatic heterocycles. The Morgan fingerprint density at radius 3 is 3.00 bits per heavy atom. The molecular weight excluding hydrogens is 298 g/mol. The van der Waals surface area contributed by atoms with Crippen molar-refractivity contribution in [3.05, 3.63) is 16.0 Å². The Labute approximate surface area is 123 Å². The van der Waals surface area contributed by atoms with Gasteiger partial charge < -0.3 is 15.1 Å². The minimum Gasteiger partial charge on any atom is -0.411 e. The molecule has 3 rings (SSSR count). The van der Waals surface area contributed by atoms with Crippen molar-refractivity contribution in [2.45, 2.75) is 31.4 Å². The third-order valence-electron chi connectivity index (χ3n) is 3.21. The molecule has 2 unspecified atom stereocenters. The number of nitrogens with zero attached hydrogens (tertiary/aromatic N) is 5. The van der Waals surface area contributed by atoms with Gasteiger partial charge in [-0.05, 0) is 6.42 Å². The fourth-order valence-electron chi connectivity index (χ4n) is 2.24. The maximum absolute atomic E-state index is 12.4. The van der Waals surface area contributed by atoms with Crippen molar-refractivity contribution in [2.75, 3.05) is 12.4 Å². The zero-order valence-electron chi connectivity index (χ0n) is 11.3. The van der Waals surface area contributed by atoms with Crippen LogP contribution < -0.4 is 5.56 Å². The highest BCUT2D eigenvalue weighted by Crippen LogP contribution is 2.30. The van der Waals surface area contributed by atoms with Crippen LogP contribution in [-0.4, -0.2) is 53.0 Å². The fourth-order valence-corrected chi connectivity index (χ4v) is 3.15. The van der Waals surface area contributed by atoms with Crippen LogP contribution in [0.5, 0.6) is 0 Å². The minimum atomic E-state index is -0.610. The van der Waals surface area contributed by atoms with Crippen LogP contribution in [0.1, 0.15) is 25.3 Å². The van der Waals surface area contributed by atoms with Crippen LogP contribution in [-0.2, 0) is 11.2 Å². The molecule has 114 valence electrons. The average Bonchev–Trinajstić information content (AvgIpc) is 3.06. The van der Waals surface area contributed by atoms with E-state index in [1.807, 2.05) is 6.92 Å². The SMILES string of the molecule is CCCc1nn(O)c2c(=O)n(C3CSC(CO)O3)nnc12. The number of aliphatic hydroxyl groups excluding tert-OH is 1. The quantitative estimate of drug-likeness (QED) is 0.743. The first-order valence-corrected chi connectivity index (χ1v) is 7.64. The number of aryl methyl sites for hydroxylation is 1. The van der Waals surface area contributed by atoms with Crippen molar-refractivity contribution in [1.29, 1.82) is 0 Å². The van der Waals surface area contributed by atoms with Crippen molar-refractivity contribution >= 4 is 22.8 Å². The summed E-state index contributed by atoms with van der Waals surface area (Å²) in [5.74, 6) is 0.479. The van der Waals surface area contributed by atoms with Gasteiger partial charge in [0, 0.05) is 5.75 Å². The Kier molecular flexibility index (Phi) is 3.83. The second kappa shape index (κ2) is 5.62. The smallest absolute Gasteiger partial charge is 0.302 e. The van der Waals surface area contributed by atoms with Crippen LogP contribution in [0.25, 0.3) is 11.0 Å². The first kappa shape index (κ1) is 14.3. The Morgan fingerprint density at radius 2 is 2.33 bits per heavy atom. The molecule has 0 spiro atoms. The van der Waals surface area contributed by atoms with Gasteiger partial charge in [0.2, 0.25) is 0 Å². The molecule has 0 amide bonds. The van der Waals surface area contributed by atoms with Crippen LogP contribution in [0, 0.1) is 0 Å². The van der Waals surface area contributed by atoms with Crippen molar-refractivity contribution < 1.29 is 15.1 Å². The van der Waals surface area contributed by atoms with Crippen molar-refractivity contribution in [3.63, 3.8) is 0 Å². The van der Waals surface area contributed by atoms with Gasteiger partial charge in [-0.3, -0.25) is 4.79 Å². The average molecular weight is 313 g/mol. The second-order valence-corrected chi connectivity index (χ2v) is 5.85. The lowest BCUT2D eigenvalue weighted by atomic mass is 10.2. The van der Waals surface area contributed by atoms with E-state index in [0.29, 0.717) is 28.2 Å². The molecule has 0 radical (unpaired) electrons. The number of fused-ring (bicyclic) bond motifs is 1. The van der Waals surface area contributed by atoms with E-state index in [9.17, 15) is 10.0 Å². The number of hydrogen-bond acceptors (Lipinski definition) is 8. The molecule has 3 heterocycles. The summed E-state index contributed by atoms with van der Waals surface area (Å²) in [5.41, 5.74) is -0.0446. The topological polar surface area (TPSA) is 115 Å². The molecular formula is C11H15N5O4S. The first-order chi connectivity index (χ1) is 10.2. The molecule has 9 nitrogen and oxygen atoms in total. The maximum Gasteiger partial charge on any atom is 0.302 e. The molecule has 2 atom stereocenters. The van der Waals surface area contributed by atoms with E-state index in [0.717, 1.165) is 11.1 Å². The summed E-state index contributed by atoms with van der Waals surface area (Å²) >= 11 is 1.39. The molecule has 1 aliphatic heterocycles. The lowest BCUT2D eigenvalue weighted by molar-refractivity contribution is -0.0145. The summed E-state index contributed by atoms with van der Waals surface area (Å²) in [5, 5.41) is 30.6. The third-order valence-corrected chi connectivity index (χ3v) is 4.32. The van der Waals surface area contributed by atoms with E-state index in [2.05, 4.69) is 15.4 Å². The van der Waals surface area contributed by atoms with Gasteiger partial charge in [0.1, 0.15) is 11.0 Å². The van der Waals surface area contributed by atoms with Gasteiger partial charge in [-0.1, -0.05) is 23.4 Å². The number of aliphatic hydroxyl groups is 1. The molecule has 2 aromatic rings. The molecule has 0 aromatic carbocycles. The largest absolute Gasteiger partial charge is 0.411 e. The first-order valence-electron chi connectivity index (χ1n) is 6.60. The Morgan fingerprint density at radius 1 is 1.52 bits per heavy atom. The summed E-state index contributed by atoms with van der Waals surface area (Å²) < 4.78 is 6.56. The summed E-state index contributed by atoms with van der Waals surface area (Å²) in [6.07, 6.45) is 0.809. The molecule has 21 heavy (non-hydrogen) atoms. The van der Waals surface area contributed by atoms with Gasteiger partial charge in [-0.2, -0.15) is 4.68 Å². The normalized spacial score (nSPS) is 22.2. The number of aromatic nitrogens is 5. The summed E-state index contributed by atoms with van der Waals surface area (Å²) in [6.45, 7) is 1.83. The molecule has 1 aliphatic rings. The van der Waals surface area contributed by atoms with Gasteiger partial charge in [0.15, 0.2) is 11.7 Å². The van der Waals surface area contributed by atoms with E-state index in [-0.39, 0.29) is 17.6 Å². The highest BCUT2D eigenvalue weighted by molar-refractivity contribution is 8.00. The van der Waals surface area contributed by atoms with Gasteiger partial charge in [0.25, 0.3) is 0 Å². The minimum absolute atomic E-state index is 0.00509. The molecule has 1 saturated heterocycles. The lowest BCUT2D eigenvalue weighted by Gasteiger charge is -2.11. The van der Waals surface area contributed by atoms with Crippen molar-refractivity contribution in [2.24, 2.45) is 0 Å². The predicted octanol–water partition coefficient (Wildman–Crippen LogP) is -0.242. The summed E-state index contributed by atoms with van der Waals surface area (Å²) in [4.78, 5) is 13.0. The zero-order valence-corrected chi connectivity index (χ0v) is 12.2. The van der Waals surface area contributed by atoms with Crippen molar-refractivity contribution in [1.82, 2.24) is 24.9 Å². The second-order valence-electron chi connectivity index (χ2n) is 4.66. The van der Waals surface area contributed by atoms with Gasteiger partial charge >= 0.3 is 5.56 Å². The van der Waals surface area contributed by atoms with Crippen LogP contribution in [0.4, 0.5) is 0 Å². The van der Waals surface area contributed by atoms with Crippen LogP contribution in [0.3, 0.4) is 0 Å². The molecule has 1 fully saturated rings. The lowest BCUT2D eigenvalue weighted by Crippen LogP contribution is -2.31. The highest BCUT2D eigenvalue weighted by Gasteiger charge is 2.30. The maximum atomic E-state index is 12.4. The molecule has 10 heteroatoms. The van der Waals surface area contributed by atoms with E-state index in [4.69, 9.17) is 9.84 Å². The summed E-state index contributed by atoms with van der Waals surface area (Å²) in [6, 6.07) is 0. The van der Waals surface area contributed by atoms with E-state index in [1.165, 1.54) is 11.8 Å². The van der Waals surface area contributed by atoms with Gasteiger partial charge in [0.05, 0.1) is 12.3 Å². The van der Waals surface area contributed by atoms with Crippen LogP contribution in [0.15, 0.2) is 4.79 Å². The zero-order chi connectivity index (χ0) is 15.0. The standard InChI is InChI=1S/C11H15N5O4S/c1-2-3-6-9-10(16(19)13-6)11(18)15(14-12-9)7-5-21-8(4-17)20-7/h7-8,17,19H,2-5H2,1H3. The number of thioether (sulfide) groups is 1. The predicted molar refractivity (Wildman–Crippen MR) is 74.2 cm³/mol. The van der Waals surface area contributed by atoms with Gasteiger partial charge in [-0.25, -0.2) is 0 Å². The number of rotatable bonds is 4. The van der Waals surface area contributed by atoms with Crippen LogP contribution in [0.2, 0.25) is 0 Å². The van der Waals surface area contributed by atoms with E-state index >= 15 is 0 Å². The Hall–Kier alpha value is -1.65. The monoisotopic (exact) mass is 313 g/mol. The molecule has 2 N–H and O–H groups in total.